The number of hydrogen-bond donors (Lipinski definition) is 0. The smallest absolute Gasteiger partial charge is 0.200 e. The van der Waals surface area contributed by atoms with Crippen LogP contribution in [0.15, 0.2) is 57.7 Å². The minimum Gasteiger partial charge on any atom is -0.488 e. The standard InChI is InChI=1S/C28H24Cl2O5/c1-3-4-17-11-21-25(14-24(17)34-15-19-5-7-20(29)13-22(19)30)35-16(2)27(28(21)31)18-6-8-23-26(12-18)33-10-9-32-23/h5-8,11-14H,3-4,9-10,15H2,1-2H3. The molecule has 1 aromatic heterocycles. The van der Waals surface area contributed by atoms with E-state index in [1.165, 1.54) is 0 Å². The lowest BCUT2D eigenvalue weighted by atomic mass is 9.99. The highest BCUT2D eigenvalue weighted by Crippen LogP contribution is 2.36. The van der Waals surface area contributed by atoms with E-state index >= 15 is 0 Å². The SMILES string of the molecule is CCCc1cc2c(=O)c(-c3ccc4c(c3)OCCO4)c(C)oc2cc1OCc1ccc(Cl)cc1Cl. The van der Waals surface area contributed by atoms with Crippen molar-refractivity contribution in [3.05, 3.63) is 85.7 Å². The van der Waals surface area contributed by atoms with Gasteiger partial charge in [0.2, 0.25) is 5.43 Å². The third kappa shape index (κ3) is 4.71. The van der Waals surface area contributed by atoms with Gasteiger partial charge < -0.3 is 18.6 Å². The molecule has 0 aliphatic carbocycles. The van der Waals surface area contributed by atoms with E-state index in [0.29, 0.717) is 62.8 Å². The number of fused-ring (bicyclic) bond motifs is 2. The molecular formula is C28H24Cl2O5. The third-order valence-corrected chi connectivity index (χ3v) is 6.58. The fourth-order valence-electron chi connectivity index (χ4n) is 4.30. The van der Waals surface area contributed by atoms with Crippen molar-refractivity contribution in [2.75, 3.05) is 13.2 Å². The van der Waals surface area contributed by atoms with E-state index < -0.39 is 0 Å². The van der Waals surface area contributed by atoms with Crippen LogP contribution in [0.2, 0.25) is 10.0 Å². The first-order valence-electron chi connectivity index (χ1n) is 11.5. The molecule has 0 fully saturated rings. The molecule has 1 aliphatic rings. The van der Waals surface area contributed by atoms with Gasteiger partial charge in [0.15, 0.2) is 11.5 Å². The molecule has 1 aliphatic heterocycles. The molecule has 0 saturated heterocycles. The molecule has 7 heteroatoms. The van der Waals surface area contributed by atoms with Gasteiger partial charge in [-0.2, -0.15) is 0 Å². The maximum Gasteiger partial charge on any atom is 0.200 e. The molecule has 180 valence electrons. The number of halogens is 2. The van der Waals surface area contributed by atoms with Crippen molar-refractivity contribution in [2.24, 2.45) is 0 Å². The van der Waals surface area contributed by atoms with E-state index in [9.17, 15) is 4.79 Å². The summed E-state index contributed by atoms with van der Waals surface area (Å²) in [7, 11) is 0. The van der Waals surface area contributed by atoms with Gasteiger partial charge in [0.1, 0.15) is 36.9 Å². The van der Waals surface area contributed by atoms with Gasteiger partial charge in [-0.05, 0) is 54.8 Å². The van der Waals surface area contributed by atoms with Crippen molar-refractivity contribution in [1.29, 1.82) is 0 Å². The number of aryl methyl sites for hydroxylation is 2. The van der Waals surface area contributed by atoms with E-state index in [1.54, 1.807) is 25.1 Å². The first kappa shape index (κ1) is 23.6. The largest absolute Gasteiger partial charge is 0.488 e. The zero-order chi connectivity index (χ0) is 24.5. The predicted octanol–water partition coefficient (Wildman–Crippen LogP) is 7.38. The molecule has 0 unspecified atom stereocenters. The number of benzene rings is 3. The van der Waals surface area contributed by atoms with Gasteiger partial charge in [-0.15, -0.1) is 0 Å². The summed E-state index contributed by atoms with van der Waals surface area (Å²) < 4.78 is 23.6. The summed E-state index contributed by atoms with van der Waals surface area (Å²) in [4.78, 5) is 13.6. The Kier molecular flexibility index (Phi) is 6.63. The minimum atomic E-state index is -0.0925. The summed E-state index contributed by atoms with van der Waals surface area (Å²) >= 11 is 12.3. The molecule has 0 saturated carbocycles. The second kappa shape index (κ2) is 9.84. The first-order chi connectivity index (χ1) is 16.9. The Hall–Kier alpha value is -3.15. The lowest BCUT2D eigenvalue weighted by molar-refractivity contribution is 0.171. The molecule has 0 spiro atoms. The van der Waals surface area contributed by atoms with Gasteiger partial charge in [-0.1, -0.05) is 48.7 Å². The summed E-state index contributed by atoms with van der Waals surface area (Å²) in [5, 5.41) is 1.63. The first-order valence-corrected chi connectivity index (χ1v) is 12.3. The van der Waals surface area contributed by atoms with Crippen LogP contribution in [0.5, 0.6) is 17.2 Å². The van der Waals surface area contributed by atoms with E-state index in [2.05, 4.69) is 6.92 Å². The average Bonchev–Trinajstić information content (AvgIpc) is 2.84. The topological polar surface area (TPSA) is 57.9 Å². The van der Waals surface area contributed by atoms with E-state index in [4.69, 9.17) is 41.8 Å². The highest BCUT2D eigenvalue weighted by Gasteiger charge is 2.19. The molecule has 5 nitrogen and oxygen atoms in total. The Labute approximate surface area is 213 Å². The van der Waals surface area contributed by atoms with Crippen LogP contribution in [-0.4, -0.2) is 13.2 Å². The summed E-state index contributed by atoms with van der Waals surface area (Å²) in [6.45, 7) is 5.14. The molecule has 3 aromatic carbocycles. The fourth-order valence-corrected chi connectivity index (χ4v) is 4.77. The zero-order valence-electron chi connectivity index (χ0n) is 19.5. The fraction of sp³-hybridized carbons (Fsp3) is 0.250. The Morgan fingerprint density at radius 3 is 2.51 bits per heavy atom. The number of hydrogen-bond acceptors (Lipinski definition) is 5. The number of rotatable bonds is 6. The Morgan fingerprint density at radius 2 is 1.74 bits per heavy atom. The predicted molar refractivity (Wildman–Crippen MR) is 138 cm³/mol. The van der Waals surface area contributed by atoms with E-state index in [1.807, 2.05) is 30.3 Å². The molecule has 35 heavy (non-hydrogen) atoms. The van der Waals surface area contributed by atoms with Gasteiger partial charge in [0.05, 0.1) is 10.9 Å². The van der Waals surface area contributed by atoms with Gasteiger partial charge in [0.25, 0.3) is 0 Å². The van der Waals surface area contributed by atoms with Crippen molar-refractivity contribution in [2.45, 2.75) is 33.3 Å². The second-order valence-electron chi connectivity index (χ2n) is 8.45. The molecule has 5 rings (SSSR count). The van der Waals surface area contributed by atoms with Gasteiger partial charge in [-0.3, -0.25) is 4.79 Å². The Bertz CT molecular complexity index is 1470. The molecule has 0 amide bonds. The Balaban J connectivity index is 1.55. The van der Waals surface area contributed by atoms with Gasteiger partial charge >= 0.3 is 0 Å². The Morgan fingerprint density at radius 1 is 0.943 bits per heavy atom. The van der Waals surface area contributed by atoms with Crippen LogP contribution < -0.4 is 19.6 Å². The molecule has 0 bridgehead atoms. The molecule has 2 heterocycles. The van der Waals surface area contributed by atoms with Crippen LogP contribution in [0, 0.1) is 6.92 Å². The molecule has 0 atom stereocenters. The maximum absolute atomic E-state index is 13.6. The number of ether oxygens (including phenoxy) is 3. The van der Waals surface area contributed by atoms with Crippen LogP contribution in [0.1, 0.15) is 30.2 Å². The van der Waals surface area contributed by atoms with Crippen LogP contribution in [0.3, 0.4) is 0 Å². The summed E-state index contributed by atoms with van der Waals surface area (Å²) in [5.74, 6) is 2.49. The van der Waals surface area contributed by atoms with Crippen molar-refractivity contribution in [3.63, 3.8) is 0 Å². The van der Waals surface area contributed by atoms with E-state index in [-0.39, 0.29) is 12.0 Å². The monoisotopic (exact) mass is 510 g/mol. The molecule has 4 aromatic rings. The molecule has 0 N–H and O–H groups in total. The van der Waals surface area contributed by atoms with Crippen LogP contribution in [-0.2, 0) is 13.0 Å². The van der Waals surface area contributed by atoms with E-state index in [0.717, 1.165) is 29.5 Å². The van der Waals surface area contributed by atoms with Crippen LogP contribution >= 0.6 is 23.2 Å². The molecule has 0 radical (unpaired) electrons. The van der Waals surface area contributed by atoms with Crippen molar-refractivity contribution in [1.82, 2.24) is 0 Å². The summed E-state index contributed by atoms with van der Waals surface area (Å²) in [6, 6.07) is 14.5. The normalized spacial score (nSPS) is 12.7. The quantitative estimate of drug-likeness (QED) is 0.270. The lowest BCUT2D eigenvalue weighted by Gasteiger charge is -2.19. The maximum atomic E-state index is 13.6. The van der Waals surface area contributed by atoms with Crippen molar-refractivity contribution < 1.29 is 18.6 Å². The minimum absolute atomic E-state index is 0.0925. The highest BCUT2D eigenvalue weighted by molar-refractivity contribution is 6.35. The molecular weight excluding hydrogens is 487 g/mol. The average molecular weight is 511 g/mol. The van der Waals surface area contributed by atoms with Gasteiger partial charge in [0, 0.05) is 21.7 Å². The van der Waals surface area contributed by atoms with Crippen LogP contribution in [0.4, 0.5) is 0 Å². The third-order valence-electron chi connectivity index (χ3n) is 6.00. The zero-order valence-corrected chi connectivity index (χ0v) is 21.0. The van der Waals surface area contributed by atoms with Crippen LogP contribution in [0.25, 0.3) is 22.1 Å². The summed E-state index contributed by atoms with van der Waals surface area (Å²) in [5.41, 5.74) is 3.39. The van der Waals surface area contributed by atoms with Crippen molar-refractivity contribution in [3.8, 4) is 28.4 Å². The highest BCUT2D eigenvalue weighted by atomic mass is 35.5. The second-order valence-corrected chi connectivity index (χ2v) is 9.29. The van der Waals surface area contributed by atoms with Crippen molar-refractivity contribution >= 4 is 34.2 Å². The lowest BCUT2D eigenvalue weighted by Crippen LogP contribution is -2.15. The summed E-state index contributed by atoms with van der Waals surface area (Å²) in [6.07, 6.45) is 1.65. The van der Waals surface area contributed by atoms with Gasteiger partial charge in [-0.25, -0.2) is 0 Å².